The Balaban J connectivity index is 2.59. The molecule has 0 aliphatic carbocycles. The summed E-state index contributed by atoms with van der Waals surface area (Å²) in [4.78, 5) is 0. The van der Waals surface area contributed by atoms with Gasteiger partial charge in [-0.3, -0.25) is 0 Å². The number of rotatable bonds is 2. The lowest BCUT2D eigenvalue weighted by Crippen LogP contribution is -2.12. The van der Waals surface area contributed by atoms with Crippen LogP contribution in [-0.2, 0) is 10.8 Å². The van der Waals surface area contributed by atoms with Gasteiger partial charge in [-0.2, -0.15) is 0 Å². The van der Waals surface area contributed by atoms with Crippen molar-refractivity contribution >= 4 is 11.6 Å². The molecule has 0 fully saturated rings. The van der Waals surface area contributed by atoms with Gasteiger partial charge in [0.2, 0.25) is 0 Å². The van der Waals surface area contributed by atoms with E-state index in [1.807, 2.05) is 26.0 Å². The van der Waals surface area contributed by atoms with Crippen LogP contribution in [0.2, 0.25) is 0 Å². The van der Waals surface area contributed by atoms with Crippen LogP contribution in [0, 0.1) is 13.8 Å². The Morgan fingerprint density at radius 2 is 1.19 bits per heavy atom. The molecule has 2 nitrogen and oxygen atoms in total. The van der Waals surface area contributed by atoms with E-state index in [1.54, 1.807) is 0 Å². The van der Waals surface area contributed by atoms with Crippen molar-refractivity contribution in [3.8, 4) is 11.5 Å². The van der Waals surface area contributed by atoms with E-state index < -0.39 is 0 Å². The van der Waals surface area contributed by atoms with Crippen LogP contribution in [0.4, 0.5) is 0 Å². The van der Waals surface area contributed by atoms with Gasteiger partial charge in [-0.25, -0.2) is 0 Å². The standard InChI is InChI=1S/C25H34O2/c1-15(19-12-17(3)23(27)21(14-19)25(7,8)9)10-18-11-16(2)22(26)20(13-18)24(4,5)6/h10-14,26-27H,1-9H3. The first-order valence-corrected chi connectivity index (χ1v) is 9.58. The van der Waals surface area contributed by atoms with Crippen molar-refractivity contribution in [1.29, 1.82) is 0 Å². The second-order valence-corrected chi connectivity index (χ2v) is 9.75. The summed E-state index contributed by atoms with van der Waals surface area (Å²) in [7, 11) is 0. The van der Waals surface area contributed by atoms with Crippen molar-refractivity contribution in [3.05, 3.63) is 57.6 Å². The van der Waals surface area contributed by atoms with Gasteiger partial charge in [0.1, 0.15) is 11.5 Å². The monoisotopic (exact) mass is 366 g/mol. The smallest absolute Gasteiger partial charge is 0.122 e. The normalized spacial score (nSPS) is 13.1. The maximum atomic E-state index is 10.5. The number of aromatic hydroxyl groups is 2. The second kappa shape index (κ2) is 7.07. The van der Waals surface area contributed by atoms with Crippen LogP contribution in [-0.4, -0.2) is 10.2 Å². The number of phenols is 2. The molecule has 0 bridgehead atoms. The highest BCUT2D eigenvalue weighted by atomic mass is 16.3. The zero-order chi connectivity index (χ0) is 20.7. The van der Waals surface area contributed by atoms with E-state index in [1.165, 1.54) is 0 Å². The van der Waals surface area contributed by atoms with Gasteiger partial charge >= 0.3 is 0 Å². The molecule has 0 unspecified atom stereocenters. The number of hydrogen-bond acceptors (Lipinski definition) is 2. The summed E-state index contributed by atoms with van der Waals surface area (Å²) in [5.41, 5.74) is 6.77. The molecule has 0 radical (unpaired) electrons. The highest BCUT2D eigenvalue weighted by Crippen LogP contribution is 2.37. The maximum Gasteiger partial charge on any atom is 0.122 e. The first kappa shape index (κ1) is 21.1. The molecular formula is C25H34O2. The summed E-state index contributed by atoms with van der Waals surface area (Å²) in [6.45, 7) is 18.7. The number of benzene rings is 2. The fourth-order valence-electron chi connectivity index (χ4n) is 3.37. The molecule has 2 heteroatoms. The molecule has 27 heavy (non-hydrogen) atoms. The lowest BCUT2D eigenvalue weighted by molar-refractivity contribution is 0.442. The van der Waals surface area contributed by atoms with Crippen molar-refractivity contribution in [3.63, 3.8) is 0 Å². The molecule has 0 saturated carbocycles. The molecule has 0 aliphatic heterocycles. The van der Waals surface area contributed by atoms with Crippen LogP contribution in [0.5, 0.6) is 11.5 Å². The van der Waals surface area contributed by atoms with E-state index in [0.717, 1.165) is 39.0 Å². The fourth-order valence-corrected chi connectivity index (χ4v) is 3.37. The van der Waals surface area contributed by atoms with Crippen LogP contribution in [0.3, 0.4) is 0 Å². The van der Waals surface area contributed by atoms with Gasteiger partial charge in [0.25, 0.3) is 0 Å². The molecule has 0 aliphatic rings. The quantitative estimate of drug-likeness (QED) is 0.569. The zero-order valence-corrected chi connectivity index (χ0v) is 18.3. The lowest BCUT2D eigenvalue weighted by Gasteiger charge is -2.23. The van der Waals surface area contributed by atoms with Gasteiger partial charge in [-0.15, -0.1) is 0 Å². The Morgan fingerprint density at radius 3 is 1.67 bits per heavy atom. The summed E-state index contributed by atoms with van der Waals surface area (Å²) in [6, 6.07) is 8.22. The van der Waals surface area contributed by atoms with Gasteiger partial charge in [0.15, 0.2) is 0 Å². The Hall–Kier alpha value is -2.22. The van der Waals surface area contributed by atoms with Crippen LogP contribution < -0.4 is 0 Å². The third-order valence-electron chi connectivity index (χ3n) is 5.08. The number of hydrogen-bond donors (Lipinski definition) is 2. The molecule has 146 valence electrons. The summed E-state index contributed by atoms with van der Waals surface area (Å²) < 4.78 is 0. The summed E-state index contributed by atoms with van der Waals surface area (Å²) in [5, 5.41) is 20.9. The SMILES string of the molecule is CC(=Cc1cc(C)c(O)c(C(C)(C)C)c1)c1cc(C)c(O)c(C(C)(C)C)c1. The maximum absolute atomic E-state index is 10.5. The predicted octanol–water partition coefficient (Wildman–Crippen LogP) is 6.87. The largest absolute Gasteiger partial charge is 0.507 e. The topological polar surface area (TPSA) is 40.5 Å². The summed E-state index contributed by atoms with van der Waals surface area (Å²) in [5.74, 6) is 0.766. The van der Waals surface area contributed by atoms with Gasteiger partial charge in [-0.05, 0) is 83.7 Å². The van der Waals surface area contributed by atoms with Crippen molar-refractivity contribution < 1.29 is 10.2 Å². The van der Waals surface area contributed by atoms with Crippen molar-refractivity contribution in [2.24, 2.45) is 0 Å². The molecule has 0 spiro atoms. The van der Waals surface area contributed by atoms with Crippen LogP contribution in [0.25, 0.3) is 11.6 Å². The van der Waals surface area contributed by atoms with Gasteiger partial charge in [0, 0.05) is 11.1 Å². The Bertz CT molecular complexity index is 888. The van der Waals surface area contributed by atoms with E-state index in [0.29, 0.717) is 11.5 Å². The Morgan fingerprint density at radius 1 is 0.741 bits per heavy atom. The van der Waals surface area contributed by atoms with Crippen molar-refractivity contribution in [2.45, 2.75) is 73.1 Å². The first-order chi connectivity index (χ1) is 12.2. The van der Waals surface area contributed by atoms with E-state index in [-0.39, 0.29) is 10.8 Å². The molecule has 0 aromatic heterocycles. The summed E-state index contributed by atoms with van der Waals surface area (Å²) in [6.07, 6.45) is 2.15. The van der Waals surface area contributed by atoms with Crippen LogP contribution in [0.1, 0.15) is 81.8 Å². The van der Waals surface area contributed by atoms with E-state index in [9.17, 15) is 10.2 Å². The molecular weight excluding hydrogens is 332 g/mol. The van der Waals surface area contributed by atoms with Crippen molar-refractivity contribution in [2.75, 3.05) is 0 Å². The van der Waals surface area contributed by atoms with Gasteiger partial charge < -0.3 is 10.2 Å². The average molecular weight is 367 g/mol. The van der Waals surface area contributed by atoms with E-state index >= 15 is 0 Å². The molecule has 0 atom stereocenters. The first-order valence-electron chi connectivity index (χ1n) is 9.58. The van der Waals surface area contributed by atoms with E-state index in [2.05, 4.69) is 66.7 Å². The predicted molar refractivity (Wildman–Crippen MR) is 117 cm³/mol. The lowest BCUT2D eigenvalue weighted by atomic mass is 9.82. The molecule has 2 rings (SSSR count). The molecule has 0 amide bonds. The third-order valence-corrected chi connectivity index (χ3v) is 5.08. The minimum Gasteiger partial charge on any atom is -0.507 e. The fraction of sp³-hybridized carbons (Fsp3) is 0.440. The second-order valence-electron chi connectivity index (χ2n) is 9.75. The van der Waals surface area contributed by atoms with Gasteiger partial charge in [-0.1, -0.05) is 47.6 Å². The Labute approximate surface area is 164 Å². The molecule has 0 saturated heterocycles. The van der Waals surface area contributed by atoms with Crippen molar-refractivity contribution in [1.82, 2.24) is 0 Å². The third kappa shape index (κ3) is 4.55. The van der Waals surface area contributed by atoms with E-state index in [4.69, 9.17) is 0 Å². The molecule has 0 heterocycles. The van der Waals surface area contributed by atoms with Crippen LogP contribution in [0.15, 0.2) is 24.3 Å². The zero-order valence-electron chi connectivity index (χ0n) is 18.3. The minimum atomic E-state index is -0.125. The molecule has 2 N–H and O–H groups in total. The number of phenolic OH excluding ortho intramolecular Hbond substituents is 2. The Kier molecular flexibility index (Phi) is 5.52. The highest BCUT2D eigenvalue weighted by molar-refractivity contribution is 5.82. The average Bonchev–Trinajstić information content (AvgIpc) is 2.50. The number of allylic oxidation sites excluding steroid dienone is 1. The molecule has 2 aromatic rings. The van der Waals surface area contributed by atoms with Crippen LogP contribution >= 0.6 is 0 Å². The number of aryl methyl sites for hydroxylation is 2. The van der Waals surface area contributed by atoms with Gasteiger partial charge in [0.05, 0.1) is 0 Å². The minimum absolute atomic E-state index is 0.124. The highest BCUT2D eigenvalue weighted by Gasteiger charge is 2.21. The summed E-state index contributed by atoms with van der Waals surface area (Å²) >= 11 is 0. The molecule has 2 aromatic carbocycles.